The van der Waals surface area contributed by atoms with Gasteiger partial charge in [-0.15, -0.1) is 0 Å². The lowest BCUT2D eigenvalue weighted by Gasteiger charge is -2.21. The van der Waals surface area contributed by atoms with Crippen LogP contribution in [0.2, 0.25) is 0 Å². The summed E-state index contributed by atoms with van der Waals surface area (Å²) in [4.78, 5) is 0. The lowest BCUT2D eigenvalue weighted by molar-refractivity contribution is 0.163. The summed E-state index contributed by atoms with van der Waals surface area (Å²) in [6, 6.07) is 9.20. The standard InChI is InChI=1S/C13H19NO3S/c1-13(2,11-15)10-14-18(16,17)9-8-12-6-4-3-5-7-12/h3-9,14-15H,10-11H2,1-2H3/b9-8+. The maximum atomic E-state index is 11.7. The van der Waals surface area contributed by atoms with Crippen LogP contribution in [0.25, 0.3) is 6.08 Å². The van der Waals surface area contributed by atoms with Gasteiger partial charge in [0, 0.05) is 24.0 Å². The molecule has 0 aliphatic rings. The Kier molecular flexibility index (Phi) is 5.07. The Morgan fingerprint density at radius 1 is 1.28 bits per heavy atom. The van der Waals surface area contributed by atoms with E-state index in [1.165, 1.54) is 6.08 Å². The van der Waals surface area contributed by atoms with Crippen LogP contribution in [0.3, 0.4) is 0 Å². The van der Waals surface area contributed by atoms with Crippen LogP contribution in [0.5, 0.6) is 0 Å². The summed E-state index contributed by atoms with van der Waals surface area (Å²) in [5.74, 6) is 0. The minimum Gasteiger partial charge on any atom is -0.396 e. The van der Waals surface area contributed by atoms with Crippen molar-refractivity contribution in [2.45, 2.75) is 13.8 Å². The van der Waals surface area contributed by atoms with Crippen molar-refractivity contribution < 1.29 is 13.5 Å². The molecular weight excluding hydrogens is 250 g/mol. The molecule has 2 N–H and O–H groups in total. The minimum atomic E-state index is -3.46. The average Bonchev–Trinajstić information content (AvgIpc) is 2.36. The fraction of sp³-hybridized carbons (Fsp3) is 0.385. The molecule has 1 aromatic rings. The van der Waals surface area contributed by atoms with Crippen LogP contribution >= 0.6 is 0 Å². The summed E-state index contributed by atoms with van der Waals surface area (Å²) in [6.07, 6.45) is 1.54. The zero-order valence-electron chi connectivity index (χ0n) is 10.6. The minimum absolute atomic E-state index is 0.0715. The zero-order valence-corrected chi connectivity index (χ0v) is 11.4. The molecule has 0 bridgehead atoms. The van der Waals surface area contributed by atoms with Crippen LogP contribution in [-0.4, -0.2) is 26.7 Å². The lowest BCUT2D eigenvalue weighted by Crippen LogP contribution is -2.35. The molecule has 0 unspecified atom stereocenters. The summed E-state index contributed by atoms with van der Waals surface area (Å²) in [5.41, 5.74) is 0.359. The number of aliphatic hydroxyl groups excluding tert-OH is 1. The SMILES string of the molecule is CC(C)(CO)CNS(=O)(=O)/C=C/c1ccccc1. The van der Waals surface area contributed by atoms with Gasteiger partial charge in [0.1, 0.15) is 0 Å². The Morgan fingerprint density at radius 2 is 1.89 bits per heavy atom. The van der Waals surface area contributed by atoms with Gasteiger partial charge in [-0.1, -0.05) is 44.2 Å². The molecule has 0 aliphatic carbocycles. The molecule has 18 heavy (non-hydrogen) atoms. The predicted octanol–water partition coefficient (Wildman–Crippen LogP) is 1.60. The van der Waals surface area contributed by atoms with Crippen molar-refractivity contribution in [1.82, 2.24) is 4.72 Å². The number of rotatable bonds is 6. The largest absolute Gasteiger partial charge is 0.396 e. The van der Waals surface area contributed by atoms with Crippen molar-refractivity contribution in [3.63, 3.8) is 0 Å². The molecule has 0 saturated heterocycles. The first kappa shape index (κ1) is 14.9. The molecule has 0 aromatic heterocycles. The molecule has 1 rings (SSSR count). The van der Waals surface area contributed by atoms with Gasteiger partial charge in [0.2, 0.25) is 10.0 Å². The normalized spacial score (nSPS) is 13.1. The van der Waals surface area contributed by atoms with E-state index in [0.29, 0.717) is 0 Å². The van der Waals surface area contributed by atoms with Crippen LogP contribution in [0.1, 0.15) is 19.4 Å². The van der Waals surface area contributed by atoms with Crippen LogP contribution in [0.15, 0.2) is 35.7 Å². The Hall–Kier alpha value is -1.17. The number of aliphatic hydroxyl groups is 1. The molecule has 0 atom stereocenters. The summed E-state index contributed by atoms with van der Waals surface area (Å²) in [7, 11) is -3.46. The molecule has 100 valence electrons. The first-order valence-corrected chi connectivity index (χ1v) is 7.23. The number of hydrogen-bond acceptors (Lipinski definition) is 3. The van der Waals surface area contributed by atoms with Crippen molar-refractivity contribution in [2.75, 3.05) is 13.2 Å². The maximum Gasteiger partial charge on any atom is 0.233 e. The molecule has 4 nitrogen and oxygen atoms in total. The van der Waals surface area contributed by atoms with E-state index >= 15 is 0 Å². The molecule has 0 heterocycles. The van der Waals surface area contributed by atoms with E-state index in [4.69, 9.17) is 5.11 Å². The fourth-order valence-electron chi connectivity index (χ4n) is 1.13. The zero-order chi connectivity index (χ0) is 13.6. The molecule has 0 fully saturated rings. The maximum absolute atomic E-state index is 11.7. The fourth-order valence-corrected chi connectivity index (χ4v) is 2.16. The molecule has 0 spiro atoms. The molecule has 0 aliphatic heterocycles. The second kappa shape index (κ2) is 6.13. The Morgan fingerprint density at radius 3 is 2.44 bits per heavy atom. The number of nitrogens with one attached hydrogen (secondary N) is 1. The number of hydrogen-bond donors (Lipinski definition) is 2. The quantitative estimate of drug-likeness (QED) is 0.824. The highest BCUT2D eigenvalue weighted by Gasteiger charge is 2.18. The van der Waals surface area contributed by atoms with Crippen molar-refractivity contribution in [2.24, 2.45) is 5.41 Å². The second-order valence-electron chi connectivity index (χ2n) is 4.90. The van der Waals surface area contributed by atoms with Gasteiger partial charge >= 0.3 is 0 Å². The second-order valence-corrected chi connectivity index (χ2v) is 6.55. The molecule has 0 radical (unpaired) electrons. The van der Waals surface area contributed by atoms with Crippen molar-refractivity contribution in [3.8, 4) is 0 Å². The highest BCUT2D eigenvalue weighted by molar-refractivity contribution is 7.92. The van der Waals surface area contributed by atoms with E-state index in [2.05, 4.69) is 4.72 Å². The Labute approximate surface area is 108 Å². The third-order valence-electron chi connectivity index (χ3n) is 2.42. The van der Waals surface area contributed by atoms with Gasteiger partial charge in [-0.05, 0) is 11.6 Å². The van der Waals surface area contributed by atoms with Crippen LogP contribution < -0.4 is 4.72 Å². The van der Waals surface area contributed by atoms with E-state index in [9.17, 15) is 8.42 Å². The summed E-state index contributed by atoms with van der Waals surface area (Å²) in [6.45, 7) is 3.70. The molecule has 5 heteroatoms. The summed E-state index contributed by atoms with van der Waals surface area (Å²) < 4.78 is 25.8. The lowest BCUT2D eigenvalue weighted by atomic mass is 9.96. The summed E-state index contributed by atoms with van der Waals surface area (Å²) in [5, 5.41) is 10.2. The van der Waals surface area contributed by atoms with Crippen LogP contribution in [-0.2, 0) is 10.0 Å². The van der Waals surface area contributed by atoms with E-state index in [0.717, 1.165) is 11.0 Å². The third-order valence-corrected chi connectivity index (χ3v) is 3.46. The van der Waals surface area contributed by atoms with E-state index in [1.807, 2.05) is 30.3 Å². The van der Waals surface area contributed by atoms with Crippen molar-refractivity contribution in [3.05, 3.63) is 41.3 Å². The molecule has 0 saturated carbocycles. The highest BCUT2D eigenvalue weighted by Crippen LogP contribution is 2.12. The number of benzene rings is 1. The van der Waals surface area contributed by atoms with Gasteiger partial charge in [0.05, 0.1) is 0 Å². The first-order chi connectivity index (χ1) is 8.35. The van der Waals surface area contributed by atoms with Crippen molar-refractivity contribution in [1.29, 1.82) is 0 Å². The van der Waals surface area contributed by atoms with Gasteiger partial charge in [-0.3, -0.25) is 0 Å². The number of sulfonamides is 1. The van der Waals surface area contributed by atoms with Crippen molar-refractivity contribution >= 4 is 16.1 Å². The van der Waals surface area contributed by atoms with E-state index in [-0.39, 0.29) is 13.2 Å². The first-order valence-electron chi connectivity index (χ1n) is 5.68. The van der Waals surface area contributed by atoms with Gasteiger partial charge < -0.3 is 5.11 Å². The topological polar surface area (TPSA) is 66.4 Å². The van der Waals surface area contributed by atoms with E-state index < -0.39 is 15.4 Å². The highest BCUT2D eigenvalue weighted by atomic mass is 32.2. The Balaban J connectivity index is 2.63. The smallest absolute Gasteiger partial charge is 0.233 e. The molecule has 1 aromatic carbocycles. The van der Waals surface area contributed by atoms with Gasteiger partial charge in [-0.2, -0.15) is 0 Å². The monoisotopic (exact) mass is 269 g/mol. The Bertz CT molecular complexity index is 492. The van der Waals surface area contributed by atoms with E-state index in [1.54, 1.807) is 13.8 Å². The molecule has 0 amide bonds. The average molecular weight is 269 g/mol. The third kappa shape index (κ3) is 5.44. The van der Waals surface area contributed by atoms with Gasteiger partial charge in [0.15, 0.2) is 0 Å². The van der Waals surface area contributed by atoms with Crippen LogP contribution in [0.4, 0.5) is 0 Å². The predicted molar refractivity (Wildman–Crippen MR) is 73.3 cm³/mol. The van der Waals surface area contributed by atoms with Crippen LogP contribution in [0, 0.1) is 5.41 Å². The van der Waals surface area contributed by atoms with Gasteiger partial charge in [-0.25, -0.2) is 13.1 Å². The molecular formula is C13H19NO3S. The summed E-state index contributed by atoms with van der Waals surface area (Å²) >= 11 is 0. The van der Waals surface area contributed by atoms with Gasteiger partial charge in [0.25, 0.3) is 0 Å².